The van der Waals surface area contributed by atoms with Gasteiger partial charge in [-0.15, -0.1) is 5.10 Å². The molecular weight excluding hydrogens is 482 g/mol. The molecule has 1 aliphatic rings. The van der Waals surface area contributed by atoms with Crippen LogP contribution in [0.25, 0.3) is 17.2 Å². The number of allylic oxidation sites excluding steroid dienone is 2. The minimum absolute atomic E-state index is 0.182. The Labute approximate surface area is 201 Å². The summed E-state index contributed by atoms with van der Waals surface area (Å²) in [5.41, 5.74) is 4.24. The summed E-state index contributed by atoms with van der Waals surface area (Å²) in [6.45, 7) is 0. The SMILES string of the molecule is CN(O)C(=S)SCc1nn[nH]c1-c1nc(C2CCC=C(c3ccc(S(C)(=O)=O)cc3)C2)co1. The number of hydrogen-bond donors (Lipinski definition) is 2. The lowest BCUT2D eigenvalue weighted by atomic mass is 9.84. The van der Waals surface area contributed by atoms with Crippen LogP contribution in [0, 0.1) is 0 Å². The normalized spacial score (nSPS) is 16.5. The van der Waals surface area contributed by atoms with Crippen molar-refractivity contribution in [1.29, 1.82) is 0 Å². The van der Waals surface area contributed by atoms with Crippen molar-refractivity contribution in [1.82, 2.24) is 25.5 Å². The topological polar surface area (TPSA) is 125 Å². The van der Waals surface area contributed by atoms with Crippen molar-refractivity contribution in [3.8, 4) is 11.6 Å². The summed E-state index contributed by atoms with van der Waals surface area (Å²) in [6.07, 6.45) is 7.69. The lowest BCUT2D eigenvalue weighted by molar-refractivity contribution is 0.0205. The van der Waals surface area contributed by atoms with Crippen molar-refractivity contribution in [2.45, 2.75) is 35.8 Å². The fourth-order valence-corrected chi connectivity index (χ4v) is 5.10. The molecule has 12 heteroatoms. The number of aromatic nitrogens is 4. The lowest BCUT2D eigenvalue weighted by Gasteiger charge is -2.21. The first-order valence-corrected chi connectivity index (χ1v) is 13.5. The highest BCUT2D eigenvalue weighted by molar-refractivity contribution is 8.22. The van der Waals surface area contributed by atoms with Crippen molar-refractivity contribution < 1.29 is 18.0 Å². The minimum Gasteiger partial charge on any atom is -0.443 e. The van der Waals surface area contributed by atoms with E-state index in [1.165, 1.54) is 25.1 Å². The number of hydrogen-bond acceptors (Lipinski definition) is 9. The van der Waals surface area contributed by atoms with E-state index >= 15 is 0 Å². The zero-order valence-corrected chi connectivity index (χ0v) is 20.5. The third-order valence-corrected chi connectivity index (χ3v) is 8.07. The van der Waals surface area contributed by atoms with Crippen LogP contribution in [0.3, 0.4) is 0 Å². The van der Waals surface area contributed by atoms with Gasteiger partial charge in [0, 0.05) is 25.0 Å². The van der Waals surface area contributed by atoms with Crippen LogP contribution in [0.1, 0.15) is 42.1 Å². The first-order valence-electron chi connectivity index (χ1n) is 10.2. The van der Waals surface area contributed by atoms with Crippen molar-refractivity contribution in [3.05, 3.63) is 53.6 Å². The van der Waals surface area contributed by atoms with Gasteiger partial charge in [-0.3, -0.25) is 10.3 Å². The number of nitrogens with zero attached hydrogens (tertiary/aromatic N) is 4. The van der Waals surface area contributed by atoms with Crippen LogP contribution in [-0.2, 0) is 15.6 Å². The highest BCUT2D eigenvalue weighted by Crippen LogP contribution is 2.38. The molecule has 1 aromatic carbocycles. The predicted molar refractivity (Wildman–Crippen MR) is 129 cm³/mol. The van der Waals surface area contributed by atoms with Crippen molar-refractivity contribution in [2.24, 2.45) is 0 Å². The number of aromatic amines is 1. The van der Waals surface area contributed by atoms with E-state index in [9.17, 15) is 13.6 Å². The van der Waals surface area contributed by atoms with Gasteiger partial charge in [-0.05, 0) is 42.5 Å². The molecule has 0 saturated carbocycles. The van der Waals surface area contributed by atoms with Gasteiger partial charge in [-0.2, -0.15) is 0 Å². The van der Waals surface area contributed by atoms with Crippen LogP contribution in [0.15, 0.2) is 45.9 Å². The second-order valence-electron chi connectivity index (χ2n) is 7.79. The molecule has 1 aliphatic carbocycles. The van der Waals surface area contributed by atoms with Gasteiger partial charge >= 0.3 is 0 Å². The summed E-state index contributed by atoms with van der Waals surface area (Å²) >= 11 is 6.34. The fourth-order valence-electron chi connectivity index (χ4n) is 3.65. The maximum Gasteiger partial charge on any atom is 0.246 e. The molecule has 33 heavy (non-hydrogen) atoms. The molecule has 2 N–H and O–H groups in total. The second-order valence-corrected chi connectivity index (χ2v) is 11.4. The summed E-state index contributed by atoms with van der Waals surface area (Å²) in [5.74, 6) is 0.997. The molecule has 0 saturated heterocycles. The van der Waals surface area contributed by atoms with Crippen LogP contribution in [-0.4, -0.2) is 56.7 Å². The number of H-pyrrole nitrogens is 1. The summed E-state index contributed by atoms with van der Waals surface area (Å²) < 4.78 is 29.5. The third-order valence-electron chi connectivity index (χ3n) is 5.40. The Morgan fingerprint density at radius 3 is 2.82 bits per heavy atom. The molecule has 0 amide bonds. The average Bonchev–Trinajstić information content (AvgIpc) is 3.46. The van der Waals surface area contributed by atoms with Gasteiger partial charge in [0.1, 0.15) is 17.7 Å². The Balaban J connectivity index is 1.47. The van der Waals surface area contributed by atoms with Gasteiger partial charge < -0.3 is 4.42 Å². The smallest absolute Gasteiger partial charge is 0.246 e. The molecule has 1 atom stereocenters. The number of nitrogens with one attached hydrogen (secondary N) is 1. The fraction of sp³-hybridized carbons (Fsp3) is 0.333. The molecular formula is C21H23N5O4S3. The van der Waals surface area contributed by atoms with Crippen LogP contribution in [0.2, 0.25) is 0 Å². The largest absolute Gasteiger partial charge is 0.443 e. The van der Waals surface area contributed by atoms with Crippen LogP contribution >= 0.6 is 24.0 Å². The summed E-state index contributed by atoms with van der Waals surface area (Å²) in [7, 11) is -1.75. The molecule has 2 aromatic heterocycles. The standard InChI is InChI=1S/C21H23N5O4S3/c1-26(27)21(31)32-12-18-19(24-25-23-18)20-22-17(11-30-20)15-5-3-4-14(10-15)13-6-8-16(9-7-13)33(2,28)29/h4,6-9,11,15,27H,3,5,10,12H2,1-2H3,(H,23,24,25). The number of thioether (sulfide) groups is 1. The van der Waals surface area contributed by atoms with Crippen LogP contribution in [0.5, 0.6) is 0 Å². The highest BCUT2D eigenvalue weighted by Gasteiger charge is 2.24. The monoisotopic (exact) mass is 505 g/mol. The van der Waals surface area contributed by atoms with Crippen LogP contribution in [0.4, 0.5) is 0 Å². The number of hydroxylamine groups is 2. The van der Waals surface area contributed by atoms with Gasteiger partial charge in [0.2, 0.25) is 5.89 Å². The number of thiocarbonyl (C=S) groups is 1. The molecule has 0 fully saturated rings. The molecule has 0 aliphatic heterocycles. The second kappa shape index (κ2) is 9.75. The molecule has 0 radical (unpaired) electrons. The Kier molecular flexibility index (Phi) is 6.98. The first kappa shape index (κ1) is 23.6. The Morgan fingerprint density at radius 2 is 2.12 bits per heavy atom. The van der Waals surface area contributed by atoms with Gasteiger partial charge in [-0.25, -0.2) is 18.5 Å². The molecule has 4 rings (SSSR count). The van der Waals surface area contributed by atoms with E-state index in [1.807, 2.05) is 12.1 Å². The summed E-state index contributed by atoms with van der Waals surface area (Å²) in [4.78, 5) is 5.00. The Morgan fingerprint density at radius 1 is 1.36 bits per heavy atom. The average molecular weight is 506 g/mol. The maximum atomic E-state index is 11.7. The summed E-state index contributed by atoms with van der Waals surface area (Å²) in [5, 5.41) is 21.1. The van der Waals surface area contributed by atoms with E-state index in [1.54, 1.807) is 18.4 Å². The van der Waals surface area contributed by atoms with E-state index < -0.39 is 9.84 Å². The number of benzene rings is 1. The van der Waals surface area contributed by atoms with Gasteiger partial charge in [-0.1, -0.05) is 47.4 Å². The maximum absolute atomic E-state index is 11.7. The van der Waals surface area contributed by atoms with Gasteiger partial charge in [0.15, 0.2) is 14.2 Å². The zero-order chi connectivity index (χ0) is 23.6. The molecule has 0 spiro atoms. The zero-order valence-electron chi connectivity index (χ0n) is 18.1. The van der Waals surface area contributed by atoms with E-state index in [-0.39, 0.29) is 5.92 Å². The van der Waals surface area contributed by atoms with Gasteiger partial charge in [0.05, 0.1) is 10.6 Å². The predicted octanol–water partition coefficient (Wildman–Crippen LogP) is 4.05. The van der Waals surface area contributed by atoms with Crippen molar-refractivity contribution in [2.75, 3.05) is 13.3 Å². The summed E-state index contributed by atoms with van der Waals surface area (Å²) in [6, 6.07) is 7.00. The van der Waals surface area contributed by atoms with Gasteiger partial charge in [0.25, 0.3) is 0 Å². The van der Waals surface area contributed by atoms with Crippen molar-refractivity contribution in [3.63, 3.8) is 0 Å². The quantitative estimate of drug-likeness (QED) is 0.374. The number of oxazole rings is 1. The van der Waals surface area contributed by atoms with E-state index in [0.717, 1.165) is 41.2 Å². The van der Waals surface area contributed by atoms with E-state index in [0.29, 0.717) is 32.2 Å². The molecule has 3 aromatic rings. The number of sulfone groups is 1. The molecule has 0 bridgehead atoms. The molecule has 174 valence electrons. The van der Waals surface area contributed by atoms with E-state index in [2.05, 4.69) is 26.5 Å². The van der Waals surface area contributed by atoms with Crippen molar-refractivity contribution >= 4 is 43.7 Å². The van der Waals surface area contributed by atoms with E-state index in [4.69, 9.17) is 16.6 Å². The number of rotatable bonds is 6. The third kappa shape index (κ3) is 5.52. The molecule has 2 heterocycles. The molecule has 9 nitrogen and oxygen atoms in total. The highest BCUT2D eigenvalue weighted by atomic mass is 32.2. The van der Waals surface area contributed by atoms with Crippen LogP contribution < -0.4 is 0 Å². The Hall–Kier alpha value is -2.54. The minimum atomic E-state index is -3.22. The molecule has 1 unspecified atom stereocenters. The lowest BCUT2D eigenvalue weighted by Crippen LogP contribution is -2.17. The Bertz CT molecular complexity index is 1280. The first-order chi connectivity index (χ1) is 15.7.